The molecule has 0 spiro atoms. The lowest BCUT2D eigenvalue weighted by atomic mass is 10.2. The molecule has 158 valence electrons. The fraction of sp³-hybridized carbons (Fsp3) is 0.333. The van der Waals surface area contributed by atoms with E-state index in [4.69, 9.17) is 0 Å². The largest absolute Gasteiger partial charge is 0.353 e. The number of para-hydroxylation sites is 1. The lowest BCUT2D eigenvalue weighted by Gasteiger charge is -2.35. The number of hydrogen-bond donors (Lipinski definition) is 0. The molecule has 2 heterocycles. The van der Waals surface area contributed by atoms with Crippen LogP contribution in [0.15, 0.2) is 47.4 Å². The van der Waals surface area contributed by atoms with E-state index in [0.29, 0.717) is 40.3 Å². The molecule has 0 radical (unpaired) electrons. The molecule has 1 saturated heterocycles. The molecular weight excluding hydrogens is 410 g/mol. The van der Waals surface area contributed by atoms with E-state index in [1.807, 2.05) is 17.9 Å². The molecule has 0 bridgehead atoms. The maximum Gasteiger partial charge on any atom is 0.297 e. The van der Waals surface area contributed by atoms with E-state index in [2.05, 4.69) is 9.97 Å². The van der Waals surface area contributed by atoms with E-state index in [0.717, 1.165) is 5.56 Å². The first-order valence-corrected chi connectivity index (χ1v) is 11.1. The molecule has 0 atom stereocenters. The summed E-state index contributed by atoms with van der Waals surface area (Å²) in [6, 6.07) is 12.3. The molecule has 4 rings (SSSR count). The lowest BCUT2D eigenvalue weighted by Crippen LogP contribution is -2.49. The van der Waals surface area contributed by atoms with Crippen LogP contribution < -0.4 is 4.90 Å². The molecule has 0 saturated carbocycles. The molecule has 0 amide bonds. The van der Waals surface area contributed by atoms with E-state index in [9.17, 15) is 17.2 Å². The summed E-state index contributed by atoms with van der Waals surface area (Å²) in [7, 11) is -3.63. The number of rotatable bonds is 4. The zero-order valence-electron chi connectivity index (χ0n) is 16.7. The summed E-state index contributed by atoms with van der Waals surface area (Å²) in [5, 5.41) is 0.674. The predicted octanol–water partition coefficient (Wildman–Crippen LogP) is 3.70. The Hall–Kier alpha value is -2.65. The number of aryl methyl sites for hydroxylation is 2. The van der Waals surface area contributed by atoms with Gasteiger partial charge in [-0.15, -0.1) is 0 Å². The van der Waals surface area contributed by atoms with Gasteiger partial charge in [0.2, 0.25) is 10.0 Å². The Balaban J connectivity index is 1.61. The van der Waals surface area contributed by atoms with Crippen LogP contribution in [0.5, 0.6) is 0 Å². The van der Waals surface area contributed by atoms with Gasteiger partial charge in [-0.05, 0) is 37.6 Å². The maximum absolute atomic E-state index is 13.3. The average Bonchev–Trinajstić information content (AvgIpc) is 2.72. The fourth-order valence-corrected chi connectivity index (χ4v) is 5.41. The van der Waals surface area contributed by atoms with Crippen molar-refractivity contribution in [2.75, 3.05) is 31.1 Å². The summed E-state index contributed by atoms with van der Waals surface area (Å²) in [4.78, 5) is 10.2. The summed E-state index contributed by atoms with van der Waals surface area (Å²) in [5.74, 6) is -0.103. The molecule has 9 heteroatoms. The maximum atomic E-state index is 13.3. The van der Waals surface area contributed by atoms with Crippen molar-refractivity contribution in [3.8, 4) is 0 Å². The third-order valence-corrected chi connectivity index (χ3v) is 7.34. The van der Waals surface area contributed by atoms with Crippen LogP contribution in [0.2, 0.25) is 0 Å². The van der Waals surface area contributed by atoms with E-state index in [1.165, 1.54) is 4.31 Å². The average molecular weight is 432 g/mol. The minimum atomic E-state index is -3.63. The molecule has 30 heavy (non-hydrogen) atoms. The number of alkyl halides is 2. The van der Waals surface area contributed by atoms with Gasteiger partial charge in [0.15, 0.2) is 5.82 Å². The van der Waals surface area contributed by atoms with Crippen molar-refractivity contribution in [2.24, 2.45) is 0 Å². The third-order valence-electron chi connectivity index (χ3n) is 5.28. The second-order valence-corrected chi connectivity index (χ2v) is 9.29. The van der Waals surface area contributed by atoms with Gasteiger partial charge in [-0.1, -0.05) is 29.8 Å². The van der Waals surface area contributed by atoms with Crippen molar-refractivity contribution < 1.29 is 17.2 Å². The van der Waals surface area contributed by atoms with Crippen molar-refractivity contribution in [1.29, 1.82) is 0 Å². The Bertz CT molecular complexity index is 1190. The van der Waals surface area contributed by atoms with Crippen LogP contribution in [0, 0.1) is 13.8 Å². The van der Waals surface area contributed by atoms with Crippen molar-refractivity contribution >= 4 is 26.7 Å². The van der Waals surface area contributed by atoms with Crippen molar-refractivity contribution in [2.45, 2.75) is 25.2 Å². The topological polar surface area (TPSA) is 66.4 Å². The van der Waals surface area contributed by atoms with Crippen LogP contribution in [0.1, 0.15) is 23.4 Å². The molecule has 0 aliphatic carbocycles. The lowest BCUT2D eigenvalue weighted by molar-refractivity contribution is 0.141. The van der Waals surface area contributed by atoms with E-state index in [1.54, 1.807) is 43.3 Å². The second-order valence-electron chi connectivity index (χ2n) is 7.38. The Kier molecular flexibility index (Phi) is 5.42. The highest BCUT2D eigenvalue weighted by atomic mass is 32.2. The predicted molar refractivity (Wildman–Crippen MR) is 111 cm³/mol. The standard InChI is InChI=1S/C21H22F2N4O2S/c1-14-7-8-18(15(2)13-14)30(28,29)27-11-9-26(10-12-27)21-16-5-3-4-6-17(16)24-20(25-21)19(22)23/h3-8,13,19H,9-12H2,1-2H3. The van der Waals surface area contributed by atoms with Crippen LogP contribution in [0.25, 0.3) is 10.9 Å². The van der Waals surface area contributed by atoms with Crippen LogP contribution in [-0.2, 0) is 10.0 Å². The number of nitrogens with zero attached hydrogens (tertiary/aromatic N) is 4. The second kappa shape index (κ2) is 7.88. The SMILES string of the molecule is Cc1ccc(S(=O)(=O)N2CCN(c3nc(C(F)F)nc4ccccc34)CC2)c(C)c1. The summed E-state index contributed by atoms with van der Waals surface area (Å²) in [6.07, 6.45) is -2.78. The number of sulfonamides is 1. The molecular formula is C21H22F2N4O2S. The Morgan fingerprint density at radius 2 is 1.67 bits per heavy atom. The molecule has 2 aromatic carbocycles. The quantitative estimate of drug-likeness (QED) is 0.629. The monoisotopic (exact) mass is 432 g/mol. The highest BCUT2D eigenvalue weighted by Gasteiger charge is 2.31. The first kappa shape index (κ1) is 20.6. The van der Waals surface area contributed by atoms with Crippen LogP contribution in [0.4, 0.5) is 14.6 Å². The first-order chi connectivity index (χ1) is 14.3. The number of fused-ring (bicyclic) bond motifs is 1. The van der Waals surface area contributed by atoms with Gasteiger partial charge in [-0.2, -0.15) is 4.31 Å². The molecule has 1 aromatic heterocycles. The molecule has 3 aromatic rings. The number of anilines is 1. The minimum absolute atomic E-state index is 0.248. The summed E-state index contributed by atoms with van der Waals surface area (Å²) in [5.41, 5.74) is 2.16. The fourth-order valence-electron chi connectivity index (χ4n) is 3.78. The van der Waals surface area contributed by atoms with Crippen molar-refractivity contribution in [3.63, 3.8) is 0 Å². The van der Waals surface area contributed by atoms with Gasteiger partial charge in [0.25, 0.3) is 6.43 Å². The number of benzene rings is 2. The normalized spacial score (nSPS) is 15.8. The van der Waals surface area contributed by atoms with Crippen molar-refractivity contribution in [3.05, 3.63) is 59.4 Å². The van der Waals surface area contributed by atoms with Crippen LogP contribution >= 0.6 is 0 Å². The number of halogens is 2. The highest BCUT2D eigenvalue weighted by molar-refractivity contribution is 7.89. The zero-order chi connectivity index (χ0) is 21.5. The molecule has 6 nitrogen and oxygen atoms in total. The van der Waals surface area contributed by atoms with E-state index in [-0.39, 0.29) is 13.1 Å². The number of aromatic nitrogens is 2. The van der Waals surface area contributed by atoms with Crippen molar-refractivity contribution in [1.82, 2.24) is 14.3 Å². The number of piperazine rings is 1. The van der Waals surface area contributed by atoms with Gasteiger partial charge in [0.05, 0.1) is 10.4 Å². The molecule has 1 aliphatic rings. The molecule has 1 aliphatic heterocycles. The summed E-state index contributed by atoms with van der Waals surface area (Å²) >= 11 is 0. The van der Waals surface area contributed by atoms with E-state index < -0.39 is 22.3 Å². The summed E-state index contributed by atoms with van der Waals surface area (Å²) < 4.78 is 54.2. The Labute approximate surface area is 174 Å². The zero-order valence-corrected chi connectivity index (χ0v) is 17.5. The Morgan fingerprint density at radius 1 is 0.967 bits per heavy atom. The molecule has 0 unspecified atom stereocenters. The smallest absolute Gasteiger partial charge is 0.297 e. The van der Waals surface area contributed by atoms with Gasteiger partial charge in [0, 0.05) is 31.6 Å². The van der Waals surface area contributed by atoms with Gasteiger partial charge in [0.1, 0.15) is 5.82 Å². The van der Waals surface area contributed by atoms with Gasteiger partial charge in [-0.25, -0.2) is 27.2 Å². The molecule has 0 N–H and O–H groups in total. The van der Waals surface area contributed by atoms with Gasteiger partial charge in [-0.3, -0.25) is 0 Å². The number of hydrogen-bond acceptors (Lipinski definition) is 5. The Morgan fingerprint density at radius 3 is 2.33 bits per heavy atom. The summed E-state index contributed by atoms with van der Waals surface area (Å²) in [6.45, 7) is 4.91. The first-order valence-electron chi connectivity index (χ1n) is 9.64. The van der Waals surface area contributed by atoms with Crippen LogP contribution in [0.3, 0.4) is 0 Å². The highest BCUT2D eigenvalue weighted by Crippen LogP contribution is 2.29. The van der Waals surface area contributed by atoms with Gasteiger partial charge >= 0.3 is 0 Å². The van der Waals surface area contributed by atoms with Crippen LogP contribution in [-0.4, -0.2) is 48.9 Å². The molecule has 1 fully saturated rings. The van der Waals surface area contributed by atoms with Gasteiger partial charge < -0.3 is 4.90 Å². The van der Waals surface area contributed by atoms with E-state index >= 15 is 0 Å². The minimum Gasteiger partial charge on any atom is -0.353 e. The third kappa shape index (κ3) is 3.75.